The van der Waals surface area contributed by atoms with Crippen molar-refractivity contribution in [1.82, 2.24) is 24.0 Å². The van der Waals surface area contributed by atoms with Crippen molar-refractivity contribution < 1.29 is 4.79 Å². The topological polar surface area (TPSA) is 73.0 Å². The normalized spacial score (nSPS) is 15.5. The molecule has 1 aliphatic rings. The Morgan fingerprint density at radius 2 is 1.88 bits per heavy atom. The Morgan fingerprint density at radius 1 is 1.12 bits per heavy atom. The standard InChI is InChI=1S/C19H21N5O2/c1-22-6-3-14(10-17(22)25)13-4-7-24(8-5-13)19(26)15-9-16-18(20-11-15)23(2)12-21-16/h3,6,9-13H,4-5,7-8H2,1-2H3. The van der Waals surface area contributed by atoms with Crippen LogP contribution in [0.25, 0.3) is 11.2 Å². The van der Waals surface area contributed by atoms with Crippen LogP contribution in [0.3, 0.4) is 0 Å². The Morgan fingerprint density at radius 3 is 2.62 bits per heavy atom. The van der Waals surface area contributed by atoms with Gasteiger partial charge < -0.3 is 14.0 Å². The number of piperidine rings is 1. The third-order valence-electron chi connectivity index (χ3n) is 5.18. The van der Waals surface area contributed by atoms with Crippen LogP contribution in [0, 0.1) is 0 Å². The minimum absolute atomic E-state index is 0.00696. The molecule has 0 N–H and O–H groups in total. The summed E-state index contributed by atoms with van der Waals surface area (Å²) in [6.45, 7) is 1.36. The summed E-state index contributed by atoms with van der Waals surface area (Å²) in [5.74, 6) is 0.317. The number of fused-ring (bicyclic) bond motifs is 1. The number of carbonyl (C=O) groups excluding carboxylic acids is 1. The van der Waals surface area contributed by atoms with Crippen LogP contribution in [-0.4, -0.2) is 43.0 Å². The second-order valence-electron chi connectivity index (χ2n) is 6.90. The lowest BCUT2D eigenvalue weighted by molar-refractivity contribution is 0.0712. The monoisotopic (exact) mass is 351 g/mol. The molecule has 1 fully saturated rings. The van der Waals surface area contributed by atoms with Gasteiger partial charge in [0.25, 0.3) is 11.5 Å². The summed E-state index contributed by atoms with van der Waals surface area (Å²) >= 11 is 0. The maximum Gasteiger partial charge on any atom is 0.255 e. The van der Waals surface area contributed by atoms with Crippen LogP contribution >= 0.6 is 0 Å². The number of hydrogen-bond donors (Lipinski definition) is 0. The molecule has 0 bridgehead atoms. The van der Waals surface area contributed by atoms with Crippen LogP contribution in [0.5, 0.6) is 0 Å². The van der Waals surface area contributed by atoms with Gasteiger partial charge in [-0.1, -0.05) is 0 Å². The average Bonchev–Trinajstić information content (AvgIpc) is 3.04. The minimum Gasteiger partial charge on any atom is -0.339 e. The SMILES string of the molecule is Cn1ccc(C2CCN(C(=O)c3cnc4c(c3)ncn4C)CC2)cc1=O. The first-order valence-electron chi connectivity index (χ1n) is 8.76. The zero-order chi connectivity index (χ0) is 18.3. The van der Waals surface area contributed by atoms with Gasteiger partial charge in [-0.3, -0.25) is 9.59 Å². The van der Waals surface area contributed by atoms with E-state index in [1.54, 1.807) is 36.3 Å². The molecule has 0 aliphatic carbocycles. The first kappa shape index (κ1) is 16.5. The van der Waals surface area contributed by atoms with Crippen molar-refractivity contribution in [1.29, 1.82) is 0 Å². The lowest BCUT2D eigenvalue weighted by Crippen LogP contribution is -2.38. The predicted octanol–water partition coefficient (Wildman–Crippen LogP) is 1.69. The number of rotatable bonds is 2. The predicted molar refractivity (Wildman–Crippen MR) is 98.1 cm³/mol. The summed E-state index contributed by atoms with van der Waals surface area (Å²) in [5, 5.41) is 0. The molecule has 4 rings (SSSR count). The van der Waals surface area contributed by atoms with Crippen molar-refractivity contribution >= 4 is 17.1 Å². The number of nitrogens with zero attached hydrogens (tertiary/aromatic N) is 5. The number of hydrogen-bond acceptors (Lipinski definition) is 4. The van der Waals surface area contributed by atoms with Gasteiger partial charge in [-0.05, 0) is 36.5 Å². The minimum atomic E-state index is -0.00696. The summed E-state index contributed by atoms with van der Waals surface area (Å²) in [6, 6.07) is 5.52. The van der Waals surface area contributed by atoms with Crippen LogP contribution in [0.2, 0.25) is 0 Å². The van der Waals surface area contributed by atoms with E-state index in [1.165, 1.54) is 0 Å². The zero-order valence-corrected chi connectivity index (χ0v) is 14.9. The molecule has 0 spiro atoms. The van der Waals surface area contributed by atoms with Crippen molar-refractivity contribution in [3.8, 4) is 0 Å². The fraction of sp³-hybridized carbons (Fsp3) is 0.368. The second-order valence-corrected chi connectivity index (χ2v) is 6.90. The van der Waals surface area contributed by atoms with Gasteiger partial charge in [0.05, 0.1) is 11.9 Å². The fourth-order valence-corrected chi connectivity index (χ4v) is 3.55. The van der Waals surface area contributed by atoms with Gasteiger partial charge in [0.15, 0.2) is 5.65 Å². The number of amides is 1. The highest BCUT2D eigenvalue weighted by Gasteiger charge is 2.25. The fourth-order valence-electron chi connectivity index (χ4n) is 3.55. The Labute approximate surface area is 150 Å². The molecule has 7 heteroatoms. The Balaban J connectivity index is 1.47. The molecule has 3 aromatic rings. The molecule has 0 unspecified atom stereocenters. The zero-order valence-electron chi connectivity index (χ0n) is 14.9. The van der Waals surface area contributed by atoms with Crippen LogP contribution in [0.1, 0.15) is 34.7 Å². The Hall–Kier alpha value is -2.96. The van der Waals surface area contributed by atoms with E-state index in [9.17, 15) is 9.59 Å². The van der Waals surface area contributed by atoms with Gasteiger partial charge in [0, 0.05) is 45.6 Å². The molecule has 0 radical (unpaired) electrons. The van der Waals surface area contributed by atoms with Crippen LogP contribution in [0.4, 0.5) is 0 Å². The van der Waals surface area contributed by atoms with Crippen molar-refractivity contribution in [2.45, 2.75) is 18.8 Å². The quantitative estimate of drug-likeness (QED) is 0.704. The van der Waals surface area contributed by atoms with E-state index in [1.807, 2.05) is 28.8 Å². The van der Waals surface area contributed by atoms with Crippen LogP contribution in [-0.2, 0) is 14.1 Å². The lowest BCUT2D eigenvalue weighted by Gasteiger charge is -2.32. The highest BCUT2D eigenvalue weighted by atomic mass is 16.2. The molecular weight excluding hydrogens is 330 g/mol. The van der Waals surface area contributed by atoms with Crippen molar-refractivity contribution in [2.75, 3.05) is 13.1 Å². The van der Waals surface area contributed by atoms with Crippen LogP contribution in [0.15, 0.2) is 41.7 Å². The summed E-state index contributed by atoms with van der Waals surface area (Å²) in [6.07, 6.45) is 6.85. The number of carbonyl (C=O) groups is 1. The Kier molecular flexibility index (Phi) is 4.06. The van der Waals surface area contributed by atoms with E-state index in [-0.39, 0.29) is 11.5 Å². The molecule has 0 atom stereocenters. The maximum atomic E-state index is 12.8. The molecule has 3 aromatic heterocycles. The van der Waals surface area contributed by atoms with Gasteiger partial charge in [0.2, 0.25) is 0 Å². The first-order chi connectivity index (χ1) is 12.5. The van der Waals surface area contributed by atoms with Gasteiger partial charge in [0.1, 0.15) is 5.52 Å². The molecule has 26 heavy (non-hydrogen) atoms. The third kappa shape index (κ3) is 2.89. The number of aryl methyl sites for hydroxylation is 2. The van der Waals surface area contributed by atoms with Crippen molar-refractivity contribution in [2.24, 2.45) is 14.1 Å². The van der Waals surface area contributed by atoms with E-state index in [0.29, 0.717) is 24.6 Å². The van der Waals surface area contributed by atoms with Gasteiger partial charge >= 0.3 is 0 Å². The summed E-state index contributed by atoms with van der Waals surface area (Å²) < 4.78 is 3.40. The van der Waals surface area contributed by atoms with E-state index in [0.717, 1.165) is 29.6 Å². The van der Waals surface area contributed by atoms with E-state index < -0.39 is 0 Å². The Bertz CT molecular complexity index is 1030. The molecule has 4 heterocycles. The van der Waals surface area contributed by atoms with Gasteiger partial charge in [-0.25, -0.2) is 9.97 Å². The molecule has 1 aliphatic heterocycles. The van der Waals surface area contributed by atoms with Crippen molar-refractivity contribution in [3.63, 3.8) is 0 Å². The van der Waals surface area contributed by atoms with Gasteiger partial charge in [-0.15, -0.1) is 0 Å². The summed E-state index contributed by atoms with van der Waals surface area (Å²) in [5.41, 5.74) is 3.15. The molecule has 7 nitrogen and oxygen atoms in total. The molecule has 134 valence electrons. The van der Waals surface area contributed by atoms with E-state index in [4.69, 9.17) is 0 Å². The molecule has 0 saturated carbocycles. The molecule has 0 aromatic carbocycles. The average molecular weight is 351 g/mol. The van der Waals surface area contributed by atoms with Crippen molar-refractivity contribution in [3.05, 3.63) is 58.4 Å². The summed E-state index contributed by atoms with van der Waals surface area (Å²) in [7, 11) is 3.63. The second kappa shape index (κ2) is 6.40. The third-order valence-corrected chi connectivity index (χ3v) is 5.18. The molecular formula is C19H21N5O2. The lowest BCUT2D eigenvalue weighted by atomic mass is 9.90. The largest absolute Gasteiger partial charge is 0.339 e. The van der Waals surface area contributed by atoms with E-state index in [2.05, 4.69) is 9.97 Å². The number of aromatic nitrogens is 4. The molecule has 1 amide bonds. The maximum absolute atomic E-state index is 12.8. The smallest absolute Gasteiger partial charge is 0.255 e. The highest BCUT2D eigenvalue weighted by Crippen LogP contribution is 2.28. The van der Waals surface area contributed by atoms with Gasteiger partial charge in [-0.2, -0.15) is 0 Å². The first-order valence-corrected chi connectivity index (χ1v) is 8.76. The number of pyridine rings is 2. The molecule has 1 saturated heterocycles. The summed E-state index contributed by atoms with van der Waals surface area (Å²) in [4.78, 5) is 35.1. The number of likely N-dealkylation sites (tertiary alicyclic amines) is 1. The highest BCUT2D eigenvalue weighted by molar-refractivity contribution is 5.96. The van der Waals surface area contributed by atoms with E-state index >= 15 is 0 Å². The number of imidazole rings is 1. The van der Waals surface area contributed by atoms with Crippen LogP contribution < -0.4 is 5.56 Å².